The van der Waals surface area contributed by atoms with Crippen LogP contribution in [0.2, 0.25) is 0 Å². The Morgan fingerprint density at radius 3 is 2.40 bits per heavy atom. The fourth-order valence-corrected chi connectivity index (χ4v) is 3.23. The summed E-state index contributed by atoms with van der Waals surface area (Å²) < 4.78 is 0. The predicted octanol–water partition coefficient (Wildman–Crippen LogP) is 3.92. The van der Waals surface area contributed by atoms with Crippen LogP contribution in [-0.4, -0.2) is 36.1 Å². The number of aromatic nitrogens is 6. The van der Waals surface area contributed by atoms with Crippen LogP contribution in [0.25, 0.3) is 22.4 Å². The molecule has 30 heavy (non-hydrogen) atoms. The fraction of sp³-hybridized carbons (Fsp3) is 0.318. The van der Waals surface area contributed by atoms with E-state index >= 15 is 0 Å². The van der Waals surface area contributed by atoms with Crippen molar-refractivity contribution < 1.29 is 4.79 Å². The summed E-state index contributed by atoms with van der Waals surface area (Å²) in [6.07, 6.45) is 0. The Kier molecular flexibility index (Phi) is 5.31. The number of fused-ring (bicyclic) bond motifs is 1. The smallest absolute Gasteiger partial charge is 0.251 e. The number of carbonyl (C=O) groups is 1. The topological polar surface area (TPSA) is 101 Å². The van der Waals surface area contributed by atoms with Gasteiger partial charge in [0, 0.05) is 11.1 Å². The van der Waals surface area contributed by atoms with Crippen molar-refractivity contribution in [3.8, 4) is 11.4 Å². The molecule has 0 fully saturated rings. The third kappa shape index (κ3) is 3.94. The maximum atomic E-state index is 12.9. The van der Waals surface area contributed by atoms with E-state index in [1.54, 1.807) is 16.9 Å². The molecule has 2 N–H and O–H groups in total. The molecule has 2 heterocycles. The minimum atomic E-state index is -0.225. The molecule has 0 aliphatic heterocycles. The molecule has 0 bridgehead atoms. The van der Waals surface area contributed by atoms with Crippen molar-refractivity contribution in [2.75, 3.05) is 0 Å². The Bertz CT molecular complexity index is 1120. The molecule has 1 amide bonds. The van der Waals surface area contributed by atoms with Gasteiger partial charge in [-0.25, -0.2) is 4.98 Å². The first-order chi connectivity index (χ1) is 14.4. The Hall–Kier alpha value is -3.55. The van der Waals surface area contributed by atoms with Crippen LogP contribution in [0.1, 0.15) is 56.0 Å². The van der Waals surface area contributed by atoms with E-state index < -0.39 is 0 Å². The van der Waals surface area contributed by atoms with Gasteiger partial charge >= 0.3 is 0 Å². The fourth-order valence-electron chi connectivity index (χ4n) is 3.23. The van der Waals surface area contributed by atoms with Crippen LogP contribution in [0.15, 0.2) is 48.5 Å². The summed E-state index contributed by atoms with van der Waals surface area (Å²) in [7, 11) is 0. The molecule has 8 nitrogen and oxygen atoms in total. The van der Waals surface area contributed by atoms with Gasteiger partial charge in [-0.15, -0.1) is 10.2 Å². The highest BCUT2D eigenvalue weighted by Crippen LogP contribution is 2.23. The zero-order chi connectivity index (χ0) is 21.3. The van der Waals surface area contributed by atoms with Crippen molar-refractivity contribution >= 4 is 16.9 Å². The number of benzene rings is 2. The van der Waals surface area contributed by atoms with Crippen molar-refractivity contribution in [2.24, 2.45) is 5.92 Å². The molecule has 2 aromatic heterocycles. The number of aromatic amines is 1. The van der Waals surface area contributed by atoms with Gasteiger partial charge in [-0.1, -0.05) is 38.1 Å². The van der Waals surface area contributed by atoms with Gasteiger partial charge in [-0.3, -0.25) is 4.79 Å². The largest absolute Gasteiger partial charge is 0.342 e. The summed E-state index contributed by atoms with van der Waals surface area (Å²) in [4.78, 5) is 22.4. The summed E-state index contributed by atoms with van der Waals surface area (Å²) in [6.45, 7) is 8.11. The number of nitrogens with zero attached hydrogens (tertiary/aromatic N) is 5. The SMILES string of the molecule is CC(C)[C@H](NC(=O)c1ccc(-c2nnn(C(C)C)n2)cc1)c1nc2ccccc2[nH]1. The molecule has 0 aliphatic carbocycles. The highest BCUT2D eigenvalue weighted by molar-refractivity contribution is 5.94. The Morgan fingerprint density at radius 1 is 1.03 bits per heavy atom. The first-order valence-electron chi connectivity index (χ1n) is 10.1. The number of tetrazole rings is 1. The number of H-pyrrole nitrogens is 1. The third-order valence-electron chi connectivity index (χ3n) is 4.95. The lowest BCUT2D eigenvalue weighted by Gasteiger charge is -2.20. The van der Waals surface area contributed by atoms with E-state index in [-0.39, 0.29) is 23.9 Å². The molecule has 1 atom stereocenters. The second-order valence-electron chi connectivity index (χ2n) is 7.94. The number of nitrogens with one attached hydrogen (secondary N) is 2. The molecule has 154 valence electrons. The number of amides is 1. The van der Waals surface area contributed by atoms with Gasteiger partial charge in [-0.05, 0) is 49.2 Å². The summed E-state index contributed by atoms with van der Waals surface area (Å²) in [5.74, 6) is 1.31. The normalized spacial score (nSPS) is 12.6. The second-order valence-corrected chi connectivity index (χ2v) is 7.94. The average Bonchev–Trinajstić information content (AvgIpc) is 3.39. The molecule has 4 aromatic rings. The molecule has 8 heteroatoms. The molecule has 0 unspecified atom stereocenters. The maximum absolute atomic E-state index is 12.9. The zero-order valence-corrected chi connectivity index (χ0v) is 17.5. The first kappa shape index (κ1) is 19.8. The number of imidazole rings is 1. The van der Waals surface area contributed by atoms with Gasteiger partial charge in [0.05, 0.1) is 23.1 Å². The minimum Gasteiger partial charge on any atom is -0.342 e. The molecule has 0 aliphatic rings. The van der Waals surface area contributed by atoms with Crippen molar-refractivity contribution in [1.82, 2.24) is 35.5 Å². The third-order valence-corrected chi connectivity index (χ3v) is 4.95. The second kappa shape index (κ2) is 8.06. The van der Waals surface area contributed by atoms with Crippen LogP contribution >= 0.6 is 0 Å². The van der Waals surface area contributed by atoms with E-state index in [0.717, 1.165) is 22.4 Å². The first-order valence-corrected chi connectivity index (χ1v) is 10.1. The van der Waals surface area contributed by atoms with Crippen LogP contribution in [0.4, 0.5) is 0 Å². The highest BCUT2D eigenvalue weighted by atomic mass is 16.1. The predicted molar refractivity (Wildman–Crippen MR) is 115 cm³/mol. The molecule has 0 radical (unpaired) electrons. The molecular weight excluding hydrogens is 378 g/mol. The lowest BCUT2D eigenvalue weighted by Crippen LogP contribution is -2.32. The van der Waals surface area contributed by atoms with Crippen molar-refractivity contribution in [3.63, 3.8) is 0 Å². The summed E-state index contributed by atoms with van der Waals surface area (Å²) >= 11 is 0. The summed E-state index contributed by atoms with van der Waals surface area (Å²) in [5, 5.41) is 15.6. The van der Waals surface area contributed by atoms with Gasteiger partial charge in [0.25, 0.3) is 5.91 Å². The van der Waals surface area contributed by atoms with Crippen LogP contribution < -0.4 is 5.32 Å². The lowest BCUT2D eigenvalue weighted by molar-refractivity contribution is 0.0923. The van der Waals surface area contributed by atoms with E-state index in [4.69, 9.17) is 0 Å². The van der Waals surface area contributed by atoms with Gasteiger partial charge < -0.3 is 10.3 Å². The van der Waals surface area contributed by atoms with Crippen LogP contribution in [0.5, 0.6) is 0 Å². The van der Waals surface area contributed by atoms with E-state index in [2.05, 4.69) is 44.5 Å². The molecule has 0 saturated heterocycles. The minimum absolute atomic E-state index is 0.141. The lowest BCUT2D eigenvalue weighted by atomic mass is 10.0. The van der Waals surface area contributed by atoms with Gasteiger partial charge in [-0.2, -0.15) is 4.80 Å². The molecule has 0 spiro atoms. The molecular formula is C22H25N7O. The van der Waals surface area contributed by atoms with Gasteiger partial charge in [0.2, 0.25) is 5.82 Å². The highest BCUT2D eigenvalue weighted by Gasteiger charge is 2.22. The molecule has 0 saturated carbocycles. The average molecular weight is 403 g/mol. The quantitative estimate of drug-likeness (QED) is 0.508. The van der Waals surface area contributed by atoms with Crippen LogP contribution in [-0.2, 0) is 0 Å². The van der Waals surface area contributed by atoms with Gasteiger partial charge in [0.1, 0.15) is 5.82 Å². The Labute approximate surface area is 174 Å². The Balaban J connectivity index is 1.52. The number of hydrogen-bond donors (Lipinski definition) is 2. The van der Waals surface area contributed by atoms with Crippen molar-refractivity contribution in [2.45, 2.75) is 39.8 Å². The monoisotopic (exact) mass is 403 g/mol. The van der Waals surface area contributed by atoms with Gasteiger partial charge in [0.15, 0.2) is 0 Å². The summed E-state index contributed by atoms with van der Waals surface area (Å²) in [6, 6.07) is 15.0. The molecule has 2 aromatic carbocycles. The number of carbonyl (C=O) groups excluding carboxylic acids is 1. The molecule has 4 rings (SSSR count). The van der Waals surface area contributed by atoms with Crippen LogP contribution in [0.3, 0.4) is 0 Å². The zero-order valence-electron chi connectivity index (χ0n) is 17.5. The van der Waals surface area contributed by atoms with Crippen molar-refractivity contribution in [1.29, 1.82) is 0 Å². The Morgan fingerprint density at radius 2 is 1.77 bits per heavy atom. The number of para-hydroxylation sites is 2. The summed E-state index contributed by atoms with van der Waals surface area (Å²) in [5.41, 5.74) is 3.23. The van der Waals surface area contributed by atoms with E-state index in [0.29, 0.717) is 11.4 Å². The van der Waals surface area contributed by atoms with Crippen LogP contribution in [0, 0.1) is 5.92 Å². The van der Waals surface area contributed by atoms with Crippen molar-refractivity contribution in [3.05, 3.63) is 59.9 Å². The standard InChI is InChI=1S/C22H25N7O/c1-13(2)19(21-23-17-7-5-6-8-18(17)24-21)25-22(30)16-11-9-15(10-12-16)20-26-28-29(27-20)14(3)4/h5-14,19H,1-4H3,(H,23,24)(H,25,30)/t19-/m0/s1. The number of hydrogen-bond acceptors (Lipinski definition) is 5. The maximum Gasteiger partial charge on any atom is 0.251 e. The van der Waals surface area contributed by atoms with E-state index in [1.165, 1.54) is 0 Å². The van der Waals surface area contributed by atoms with E-state index in [9.17, 15) is 4.79 Å². The van der Waals surface area contributed by atoms with E-state index in [1.807, 2.05) is 50.2 Å². The number of rotatable bonds is 6.